The molecule has 0 spiro atoms. The number of pyridine rings is 1. The number of nitrogen functional groups attached to an aromatic ring is 1. The minimum atomic E-state index is -4.60. The average molecular weight is 364 g/mol. The molecule has 12 heteroatoms. The summed E-state index contributed by atoms with van der Waals surface area (Å²) in [7, 11) is -0.773. The van der Waals surface area contributed by atoms with Crippen LogP contribution in [0.5, 0.6) is 0 Å². The summed E-state index contributed by atoms with van der Waals surface area (Å²) in [5.41, 5.74) is 4.58. The number of sulfonamides is 1. The van der Waals surface area contributed by atoms with Crippen LogP contribution in [0.25, 0.3) is 5.82 Å². The van der Waals surface area contributed by atoms with Gasteiger partial charge in [-0.3, -0.25) is 4.90 Å². The lowest BCUT2D eigenvalue weighted by Crippen LogP contribution is -2.33. The van der Waals surface area contributed by atoms with Gasteiger partial charge in [-0.1, -0.05) is 0 Å². The molecule has 0 saturated carbocycles. The molecular weight excluding hydrogens is 349 g/mol. The molecule has 0 radical (unpaired) electrons. The van der Waals surface area contributed by atoms with Gasteiger partial charge in [0, 0.05) is 6.20 Å². The summed E-state index contributed by atoms with van der Waals surface area (Å²) >= 11 is 0. The summed E-state index contributed by atoms with van der Waals surface area (Å²) in [6.45, 7) is -0.0104. The number of hydrogen-bond donors (Lipinski definition) is 2. The zero-order chi connectivity index (χ0) is 18.1. The number of alkyl halides is 3. The Bertz CT molecular complexity index is 832. The number of aromatic nitrogens is 3. The molecule has 0 amide bonds. The molecule has 0 saturated heterocycles. The maximum absolute atomic E-state index is 12.7. The van der Waals surface area contributed by atoms with E-state index >= 15 is 0 Å². The minimum absolute atomic E-state index is 0.0104. The number of nitrogens with two attached hydrogens (primary N) is 1. The van der Waals surface area contributed by atoms with Crippen LogP contribution in [0.2, 0.25) is 0 Å². The highest BCUT2D eigenvalue weighted by Crippen LogP contribution is 2.29. The van der Waals surface area contributed by atoms with Crippen molar-refractivity contribution in [2.24, 2.45) is 0 Å². The highest BCUT2D eigenvalue weighted by molar-refractivity contribution is 7.89. The van der Waals surface area contributed by atoms with Gasteiger partial charge in [-0.25, -0.2) is 18.1 Å². The summed E-state index contributed by atoms with van der Waals surface area (Å²) in [6, 6.07) is 1.11. The van der Waals surface area contributed by atoms with Crippen LogP contribution in [0.4, 0.5) is 18.9 Å². The second-order valence-corrected chi connectivity index (χ2v) is 6.88. The van der Waals surface area contributed by atoms with Gasteiger partial charge in [0.25, 0.3) is 0 Å². The number of halogens is 3. The maximum Gasteiger partial charge on any atom is 0.419 e. The number of hydrogen-bond acceptors (Lipinski definition) is 6. The lowest BCUT2D eigenvalue weighted by Gasteiger charge is -2.14. The van der Waals surface area contributed by atoms with Crippen molar-refractivity contribution in [2.75, 3.05) is 26.5 Å². The quantitative estimate of drug-likeness (QED) is 0.755. The van der Waals surface area contributed by atoms with Gasteiger partial charge in [0.05, 0.1) is 30.3 Å². The number of nitrogens with zero attached hydrogens (tertiary/aromatic N) is 4. The molecule has 0 aliphatic rings. The standard InChI is InChI=1S/C12H15F3N6O2S/c1-20(2)7-19-24(22,23)10-3-9(16)5-17-11(10)21-6-8(4-18-21)12(13,14)15/h3-6,19H,7,16H2,1-2H3. The summed E-state index contributed by atoms with van der Waals surface area (Å²) < 4.78 is 65.9. The smallest absolute Gasteiger partial charge is 0.397 e. The average Bonchev–Trinajstić information content (AvgIpc) is 2.95. The van der Waals surface area contributed by atoms with E-state index in [9.17, 15) is 21.6 Å². The van der Waals surface area contributed by atoms with Crippen LogP contribution in [0.1, 0.15) is 5.56 Å². The minimum Gasteiger partial charge on any atom is -0.397 e. The number of anilines is 1. The van der Waals surface area contributed by atoms with Crippen molar-refractivity contribution in [1.82, 2.24) is 24.4 Å². The van der Waals surface area contributed by atoms with Crippen LogP contribution in [0.15, 0.2) is 29.6 Å². The van der Waals surface area contributed by atoms with Crippen LogP contribution in [0.3, 0.4) is 0 Å². The molecule has 2 aromatic heterocycles. The number of rotatable bonds is 5. The second kappa shape index (κ2) is 6.37. The molecule has 132 valence electrons. The Kier molecular flexibility index (Phi) is 4.82. The topological polar surface area (TPSA) is 106 Å². The molecule has 24 heavy (non-hydrogen) atoms. The third-order valence-corrected chi connectivity index (χ3v) is 4.23. The molecule has 0 fully saturated rings. The van der Waals surface area contributed by atoms with E-state index in [2.05, 4.69) is 14.8 Å². The van der Waals surface area contributed by atoms with E-state index in [4.69, 9.17) is 5.73 Å². The van der Waals surface area contributed by atoms with Gasteiger partial charge in [0.1, 0.15) is 4.90 Å². The van der Waals surface area contributed by atoms with E-state index in [0.29, 0.717) is 12.4 Å². The molecule has 0 atom stereocenters. The van der Waals surface area contributed by atoms with Crippen LogP contribution in [-0.2, 0) is 16.2 Å². The molecule has 0 aliphatic carbocycles. The Labute approximate surface area is 136 Å². The van der Waals surface area contributed by atoms with E-state index < -0.39 is 21.8 Å². The fraction of sp³-hybridized carbons (Fsp3) is 0.333. The zero-order valence-corrected chi connectivity index (χ0v) is 13.6. The molecule has 0 aliphatic heterocycles. The molecule has 0 unspecified atom stereocenters. The second-order valence-electron chi connectivity index (χ2n) is 5.15. The van der Waals surface area contributed by atoms with Gasteiger partial charge in [0.15, 0.2) is 5.82 Å². The van der Waals surface area contributed by atoms with E-state index in [1.165, 1.54) is 0 Å². The Morgan fingerprint density at radius 2 is 2.00 bits per heavy atom. The van der Waals surface area contributed by atoms with Crippen molar-refractivity contribution in [3.05, 3.63) is 30.2 Å². The molecule has 8 nitrogen and oxygen atoms in total. The Morgan fingerprint density at radius 3 is 2.54 bits per heavy atom. The van der Waals surface area contributed by atoms with Gasteiger partial charge < -0.3 is 5.73 Å². The summed E-state index contributed by atoms with van der Waals surface area (Å²) in [4.78, 5) is 5.00. The van der Waals surface area contributed by atoms with Gasteiger partial charge >= 0.3 is 6.18 Å². The zero-order valence-electron chi connectivity index (χ0n) is 12.7. The van der Waals surface area contributed by atoms with Crippen molar-refractivity contribution in [1.29, 1.82) is 0 Å². The predicted molar refractivity (Wildman–Crippen MR) is 79.6 cm³/mol. The van der Waals surface area contributed by atoms with Gasteiger partial charge in [-0.2, -0.15) is 23.0 Å². The SMILES string of the molecule is CN(C)CNS(=O)(=O)c1cc(N)cnc1-n1cc(C(F)(F)F)cn1. The highest BCUT2D eigenvalue weighted by atomic mass is 32.2. The monoisotopic (exact) mass is 364 g/mol. The summed E-state index contributed by atoms with van der Waals surface area (Å²) in [6.07, 6.45) is -2.23. The molecule has 0 bridgehead atoms. The van der Waals surface area contributed by atoms with Gasteiger partial charge in [0.2, 0.25) is 10.0 Å². The summed E-state index contributed by atoms with van der Waals surface area (Å²) in [5.74, 6) is -0.286. The first kappa shape index (κ1) is 18.2. The lowest BCUT2D eigenvalue weighted by molar-refractivity contribution is -0.137. The molecule has 2 rings (SSSR count). The molecule has 0 aromatic carbocycles. The third kappa shape index (κ3) is 4.01. The lowest BCUT2D eigenvalue weighted by atomic mass is 10.3. The van der Waals surface area contributed by atoms with E-state index in [-0.39, 0.29) is 23.1 Å². The summed E-state index contributed by atoms with van der Waals surface area (Å²) in [5, 5.41) is 3.54. The third-order valence-electron chi connectivity index (χ3n) is 2.84. The van der Waals surface area contributed by atoms with Crippen LogP contribution in [0, 0.1) is 0 Å². The first-order valence-corrected chi connectivity index (χ1v) is 8.01. The number of nitrogens with one attached hydrogen (secondary N) is 1. The molecular formula is C12H15F3N6O2S. The highest BCUT2D eigenvalue weighted by Gasteiger charge is 2.33. The van der Waals surface area contributed by atoms with Crippen molar-refractivity contribution in [3.8, 4) is 5.82 Å². The Hall–Kier alpha value is -2.18. The van der Waals surface area contributed by atoms with E-state index in [0.717, 1.165) is 16.9 Å². The van der Waals surface area contributed by atoms with Crippen molar-refractivity contribution < 1.29 is 21.6 Å². The molecule has 3 N–H and O–H groups in total. The van der Waals surface area contributed by atoms with Crippen molar-refractivity contribution >= 4 is 15.7 Å². The Balaban J connectivity index is 2.51. The van der Waals surface area contributed by atoms with Crippen LogP contribution >= 0.6 is 0 Å². The predicted octanol–water partition coefficient (Wildman–Crippen LogP) is 0.666. The van der Waals surface area contributed by atoms with Crippen molar-refractivity contribution in [3.63, 3.8) is 0 Å². The van der Waals surface area contributed by atoms with E-state index in [1.54, 1.807) is 19.0 Å². The van der Waals surface area contributed by atoms with Crippen LogP contribution in [-0.4, -0.2) is 48.8 Å². The van der Waals surface area contributed by atoms with E-state index in [1.807, 2.05) is 0 Å². The largest absolute Gasteiger partial charge is 0.419 e. The fourth-order valence-electron chi connectivity index (χ4n) is 1.70. The Morgan fingerprint density at radius 1 is 1.33 bits per heavy atom. The van der Waals surface area contributed by atoms with Gasteiger partial charge in [-0.05, 0) is 20.2 Å². The first-order valence-electron chi connectivity index (χ1n) is 6.53. The normalized spacial score (nSPS) is 12.8. The van der Waals surface area contributed by atoms with Crippen molar-refractivity contribution in [2.45, 2.75) is 11.1 Å². The maximum atomic E-state index is 12.7. The molecule has 2 aromatic rings. The molecule has 2 heterocycles. The first-order chi connectivity index (χ1) is 11.0. The van der Waals surface area contributed by atoms with Crippen LogP contribution < -0.4 is 10.5 Å². The van der Waals surface area contributed by atoms with Gasteiger partial charge in [-0.15, -0.1) is 0 Å². The fourth-order valence-corrected chi connectivity index (χ4v) is 2.96.